The maximum absolute atomic E-state index is 11.9. The Labute approximate surface area is 111 Å². The molecule has 3 N–H and O–H groups in total. The lowest BCUT2D eigenvalue weighted by molar-refractivity contribution is 0.0958. The molecular formula is C9H13N3O5S2. The summed E-state index contributed by atoms with van der Waals surface area (Å²) in [6.45, 7) is 0. The Morgan fingerprint density at radius 1 is 1.32 bits per heavy atom. The number of carbonyl (C=O) groups excluding carboxylic acids is 1. The van der Waals surface area contributed by atoms with E-state index in [0.29, 0.717) is 0 Å². The van der Waals surface area contributed by atoms with E-state index >= 15 is 0 Å². The standard InChI is InChI=1S/C9H13N3O5S2/c1-11-9(13)8-6-7(2-3-12-8)18(14,15)4-5-19(10,16)17/h2-3,6H,4-5H2,1H3,(H,11,13)(H2,10,16,17). The first kappa shape index (κ1) is 15.5. The monoisotopic (exact) mass is 307 g/mol. The highest BCUT2D eigenvalue weighted by molar-refractivity contribution is 7.94. The Balaban J connectivity index is 3.05. The van der Waals surface area contributed by atoms with Gasteiger partial charge in [-0.2, -0.15) is 0 Å². The van der Waals surface area contributed by atoms with E-state index in [1.807, 2.05) is 0 Å². The normalized spacial score (nSPS) is 12.1. The van der Waals surface area contributed by atoms with E-state index in [2.05, 4.69) is 10.3 Å². The largest absolute Gasteiger partial charge is 0.354 e. The second-order valence-electron chi connectivity index (χ2n) is 3.64. The molecule has 1 aromatic heterocycles. The molecule has 0 saturated heterocycles. The molecule has 0 saturated carbocycles. The van der Waals surface area contributed by atoms with Crippen LogP contribution in [0, 0.1) is 0 Å². The number of hydrogen-bond donors (Lipinski definition) is 2. The summed E-state index contributed by atoms with van der Waals surface area (Å²) in [5, 5.41) is 7.06. The van der Waals surface area contributed by atoms with Crippen molar-refractivity contribution < 1.29 is 21.6 Å². The minimum absolute atomic E-state index is 0.0702. The number of sulfone groups is 1. The van der Waals surface area contributed by atoms with Crippen molar-refractivity contribution in [2.24, 2.45) is 5.14 Å². The molecule has 0 aliphatic carbocycles. The zero-order valence-electron chi connectivity index (χ0n) is 10.0. The molecule has 0 bridgehead atoms. The minimum atomic E-state index is -3.87. The second-order valence-corrected chi connectivity index (χ2v) is 7.48. The lowest BCUT2D eigenvalue weighted by Crippen LogP contribution is -2.24. The molecule has 1 amide bonds. The second kappa shape index (κ2) is 5.63. The first-order chi connectivity index (χ1) is 8.65. The van der Waals surface area contributed by atoms with Gasteiger partial charge in [0.25, 0.3) is 5.91 Å². The van der Waals surface area contributed by atoms with Crippen molar-refractivity contribution in [3.8, 4) is 0 Å². The average molecular weight is 307 g/mol. The highest BCUT2D eigenvalue weighted by Crippen LogP contribution is 2.12. The van der Waals surface area contributed by atoms with Gasteiger partial charge in [-0.15, -0.1) is 0 Å². The number of nitrogens with two attached hydrogens (primary N) is 1. The van der Waals surface area contributed by atoms with Crippen LogP contribution in [0.4, 0.5) is 0 Å². The molecular weight excluding hydrogens is 294 g/mol. The Morgan fingerprint density at radius 3 is 2.47 bits per heavy atom. The van der Waals surface area contributed by atoms with Crippen molar-refractivity contribution in [2.45, 2.75) is 4.90 Å². The highest BCUT2D eigenvalue weighted by Gasteiger charge is 2.19. The number of rotatable bonds is 5. The quantitative estimate of drug-likeness (QED) is 0.679. The summed E-state index contributed by atoms with van der Waals surface area (Å²) in [6.07, 6.45) is 1.16. The van der Waals surface area contributed by atoms with E-state index in [1.54, 1.807) is 0 Å². The molecule has 1 aromatic rings. The first-order valence-corrected chi connectivity index (χ1v) is 8.44. The lowest BCUT2D eigenvalue weighted by atomic mass is 10.3. The van der Waals surface area contributed by atoms with Crippen molar-refractivity contribution in [1.82, 2.24) is 10.3 Å². The third-order valence-corrected chi connectivity index (χ3v) is 4.93. The number of sulfonamides is 1. The van der Waals surface area contributed by atoms with E-state index in [0.717, 1.165) is 12.3 Å². The summed E-state index contributed by atoms with van der Waals surface area (Å²) >= 11 is 0. The van der Waals surface area contributed by atoms with Gasteiger partial charge in [0.1, 0.15) is 5.69 Å². The van der Waals surface area contributed by atoms with Crippen LogP contribution >= 0.6 is 0 Å². The predicted molar refractivity (Wildman–Crippen MR) is 67.7 cm³/mol. The average Bonchev–Trinajstić information content (AvgIpc) is 2.35. The molecule has 19 heavy (non-hydrogen) atoms. The van der Waals surface area contributed by atoms with Crippen LogP contribution in [0.15, 0.2) is 23.2 Å². The Hall–Kier alpha value is -1.52. The number of carbonyl (C=O) groups is 1. The number of amides is 1. The van der Waals surface area contributed by atoms with Gasteiger partial charge in [0.2, 0.25) is 10.0 Å². The summed E-state index contributed by atoms with van der Waals surface area (Å²) in [4.78, 5) is 14.9. The molecule has 0 atom stereocenters. The zero-order valence-corrected chi connectivity index (χ0v) is 11.7. The molecule has 10 heteroatoms. The van der Waals surface area contributed by atoms with Crippen LogP contribution in [0.1, 0.15) is 10.5 Å². The van der Waals surface area contributed by atoms with Crippen LogP contribution in [0.25, 0.3) is 0 Å². The number of nitrogens with zero attached hydrogens (tertiary/aromatic N) is 1. The van der Waals surface area contributed by atoms with E-state index < -0.39 is 37.3 Å². The molecule has 0 unspecified atom stereocenters. The lowest BCUT2D eigenvalue weighted by Gasteiger charge is -2.05. The van der Waals surface area contributed by atoms with Crippen LogP contribution in [0.3, 0.4) is 0 Å². The number of primary sulfonamides is 1. The summed E-state index contributed by atoms with van der Waals surface area (Å²) in [5.74, 6) is -1.88. The maximum Gasteiger partial charge on any atom is 0.269 e. The summed E-state index contributed by atoms with van der Waals surface area (Å²) in [6, 6.07) is 2.27. The molecule has 8 nitrogen and oxygen atoms in total. The molecule has 106 valence electrons. The number of nitrogens with one attached hydrogen (secondary N) is 1. The van der Waals surface area contributed by atoms with Crippen molar-refractivity contribution in [3.63, 3.8) is 0 Å². The first-order valence-electron chi connectivity index (χ1n) is 5.07. The van der Waals surface area contributed by atoms with Gasteiger partial charge in [-0.05, 0) is 12.1 Å². The Kier molecular flexibility index (Phi) is 4.61. The topological polar surface area (TPSA) is 136 Å². The van der Waals surface area contributed by atoms with Crippen molar-refractivity contribution >= 4 is 25.8 Å². The molecule has 0 aliphatic rings. The van der Waals surface area contributed by atoms with Crippen LogP contribution in [-0.2, 0) is 19.9 Å². The predicted octanol–water partition coefficient (Wildman–Crippen LogP) is -1.50. The summed E-state index contributed by atoms with van der Waals surface area (Å²) in [5.41, 5.74) is -0.0702. The van der Waals surface area contributed by atoms with Crippen molar-refractivity contribution in [3.05, 3.63) is 24.0 Å². The fraction of sp³-hybridized carbons (Fsp3) is 0.333. The smallest absolute Gasteiger partial charge is 0.269 e. The van der Waals surface area contributed by atoms with Crippen molar-refractivity contribution in [2.75, 3.05) is 18.6 Å². The molecule has 0 fully saturated rings. The fourth-order valence-corrected chi connectivity index (χ4v) is 3.80. The van der Waals surface area contributed by atoms with Crippen molar-refractivity contribution in [1.29, 1.82) is 0 Å². The minimum Gasteiger partial charge on any atom is -0.354 e. The number of aromatic nitrogens is 1. The van der Waals surface area contributed by atoms with Gasteiger partial charge < -0.3 is 5.32 Å². The Bertz CT molecular complexity index is 682. The third kappa shape index (κ3) is 4.58. The SMILES string of the molecule is CNC(=O)c1cc(S(=O)(=O)CCS(N)(=O)=O)ccn1. The molecule has 0 aromatic carbocycles. The molecule has 0 aliphatic heterocycles. The van der Waals surface area contributed by atoms with Gasteiger partial charge >= 0.3 is 0 Å². The van der Waals surface area contributed by atoms with Gasteiger partial charge in [0.15, 0.2) is 9.84 Å². The van der Waals surface area contributed by atoms with E-state index in [9.17, 15) is 21.6 Å². The summed E-state index contributed by atoms with van der Waals surface area (Å²) < 4.78 is 45.3. The highest BCUT2D eigenvalue weighted by atomic mass is 32.2. The molecule has 1 heterocycles. The van der Waals surface area contributed by atoms with Crippen LogP contribution in [-0.4, -0.2) is 46.3 Å². The third-order valence-electron chi connectivity index (χ3n) is 2.19. The fourth-order valence-electron chi connectivity index (χ4n) is 1.20. The Morgan fingerprint density at radius 2 is 1.95 bits per heavy atom. The van der Waals surface area contributed by atoms with Gasteiger partial charge in [0, 0.05) is 13.2 Å². The number of pyridine rings is 1. The molecule has 0 radical (unpaired) electrons. The molecule has 0 spiro atoms. The van der Waals surface area contributed by atoms with E-state index in [-0.39, 0.29) is 10.6 Å². The van der Waals surface area contributed by atoms with Gasteiger partial charge in [0.05, 0.1) is 16.4 Å². The number of hydrogen-bond acceptors (Lipinski definition) is 6. The maximum atomic E-state index is 11.9. The van der Waals surface area contributed by atoms with Crippen LogP contribution in [0.5, 0.6) is 0 Å². The van der Waals surface area contributed by atoms with E-state index in [4.69, 9.17) is 5.14 Å². The van der Waals surface area contributed by atoms with Crippen LogP contribution in [0.2, 0.25) is 0 Å². The zero-order chi connectivity index (χ0) is 14.7. The van der Waals surface area contributed by atoms with Gasteiger partial charge in [-0.3, -0.25) is 9.78 Å². The van der Waals surface area contributed by atoms with Crippen LogP contribution < -0.4 is 10.5 Å². The molecule has 1 rings (SSSR count). The van der Waals surface area contributed by atoms with Gasteiger partial charge in [-0.25, -0.2) is 22.0 Å². The van der Waals surface area contributed by atoms with E-state index in [1.165, 1.54) is 13.1 Å². The van der Waals surface area contributed by atoms with Gasteiger partial charge in [-0.1, -0.05) is 0 Å². The summed E-state index contributed by atoms with van der Waals surface area (Å²) in [7, 11) is -6.33.